The summed E-state index contributed by atoms with van der Waals surface area (Å²) < 4.78 is 12.7. The maximum atomic E-state index is 5.56. The molecule has 26 heavy (non-hydrogen) atoms. The lowest BCUT2D eigenvalue weighted by Crippen LogP contribution is -1.99. The number of aromatic nitrogens is 5. The van der Waals surface area contributed by atoms with E-state index in [0.717, 1.165) is 27.2 Å². The van der Waals surface area contributed by atoms with Crippen LogP contribution in [0.4, 0.5) is 0 Å². The first-order valence-electron chi connectivity index (χ1n) is 8.00. The molecule has 0 aliphatic heterocycles. The molecule has 3 rings (SSSR count). The van der Waals surface area contributed by atoms with E-state index in [9.17, 15) is 0 Å². The molecule has 0 N–H and O–H groups in total. The Morgan fingerprint density at radius 3 is 3.00 bits per heavy atom. The van der Waals surface area contributed by atoms with Crippen molar-refractivity contribution < 1.29 is 9.47 Å². The highest BCUT2D eigenvalue weighted by atomic mass is 32.2. The van der Waals surface area contributed by atoms with E-state index in [1.807, 2.05) is 30.5 Å². The zero-order chi connectivity index (χ0) is 18.4. The summed E-state index contributed by atoms with van der Waals surface area (Å²) in [6.45, 7) is 6.84. The van der Waals surface area contributed by atoms with Crippen LogP contribution >= 0.6 is 23.1 Å². The number of tetrazole rings is 1. The highest BCUT2D eigenvalue weighted by Gasteiger charge is 2.12. The van der Waals surface area contributed by atoms with Crippen molar-refractivity contribution in [3.05, 3.63) is 41.9 Å². The molecule has 7 nitrogen and oxygen atoms in total. The fourth-order valence-electron chi connectivity index (χ4n) is 2.26. The Hall–Kier alpha value is -2.39. The first-order chi connectivity index (χ1) is 12.7. The van der Waals surface area contributed by atoms with Crippen molar-refractivity contribution in [1.82, 2.24) is 25.2 Å². The summed E-state index contributed by atoms with van der Waals surface area (Å²) in [6, 6.07) is 5.86. The van der Waals surface area contributed by atoms with Gasteiger partial charge in [-0.25, -0.2) is 9.67 Å². The number of benzene rings is 1. The third-order valence-corrected chi connectivity index (χ3v) is 5.34. The minimum absolute atomic E-state index is 0.587. The number of thioether (sulfide) groups is 1. The van der Waals surface area contributed by atoms with Crippen LogP contribution in [0.3, 0.4) is 0 Å². The van der Waals surface area contributed by atoms with Gasteiger partial charge in [-0.2, -0.15) is 0 Å². The van der Waals surface area contributed by atoms with Gasteiger partial charge >= 0.3 is 0 Å². The van der Waals surface area contributed by atoms with E-state index in [-0.39, 0.29) is 0 Å². The van der Waals surface area contributed by atoms with Gasteiger partial charge in [0.05, 0.1) is 26.0 Å². The Balaban J connectivity index is 1.71. The van der Waals surface area contributed by atoms with Crippen molar-refractivity contribution in [2.75, 3.05) is 13.7 Å². The average molecular weight is 390 g/mol. The fraction of sp³-hybridized carbons (Fsp3) is 0.294. The maximum Gasteiger partial charge on any atom is 0.209 e. The van der Waals surface area contributed by atoms with E-state index < -0.39 is 0 Å². The first-order valence-corrected chi connectivity index (χ1v) is 9.87. The Kier molecular flexibility index (Phi) is 6.24. The Bertz CT molecular complexity index is 878. The predicted molar refractivity (Wildman–Crippen MR) is 103 cm³/mol. The molecule has 0 amide bonds. The van der Waals surface area contributed by atoms with Crippen LogP contribution in [0, 0.1) is 0 Å². The van der Waals surface area contributed by atoms with Crippen LogP contribution in [-0.4, -0.2) is 38.9 Å². The van der Waals surface area contributed by atoms with Crippen molar-refractivity contribution >= 4 is 23.1 Å². The lowest BCUT2D eigenvalue weighted by atomic mass is 10.2. The summed E-state index contributed by atoms with van der Waals surface area (Å²) in [6.07, 6.45) is 1.76. The number of hydrogen-bond donors (Lipinski definition) is 0. The summed E-state index contributed by atoms with van der Waals surface area (Å²) in [5.74, 6) is 2.14. The first kappa shape index (κ1) is 18.4. The highest BCUT2D eigenvalue weighted by molar-refractivity contribution is 7.98. The molecule has 0 aliphatic rings. The van der Waals surface area contributed by atoms with Gasteiger partial charge < -0.3 is 9.47 Å². The second-order valence-electron chi connectivity index (χ2n) is 5.16. The largest absolute Gasteiger partial charge is 0.493 e. The van der Waals surface area contributed by atoms with Crippen LogP contribution in [0.5, 0.6) is 11.5 Å². The molecular weight excluding hydrogens is 370 g/mol. The normalized spacial score (nSPS) is 10.7. The molecule has 0 bridgehead atoms. The molecule has 136 valence electrons. The number of ether oxygens (including phenoxy) is 2. The Morgan fingerprint density at radius 2 is 2.23 bits per heavy atom. The summed E-state index contributed by atoms with van der Waals surface area (Å²) in [5.41, 5.74) is 1.99. The zero-order valence-corrected chi connectivity index (χ0v) is 16.2. The molecule has 2 aromatic heterocycles. The quantitative estimate of drug-likeness (QED) is 0.408. The summed E-state index contributed by atoms with van der Waals surface area (Å²) >= 11 is 3.15. The van der Waals surface area contributed by atoms with Gasteiger partial charge in [0, 0.05) is 16.7 Å². The van der Waals surface area contributed by atoms with Crippen LogP contribution in [0.2, 0.25) is 0 Å². The molecule has 0 aliphatic carbocycles. The molecule has 1 aromatic carbocycles. The van der Waals surface area contributed by atoms with Crippen molar-refractivity contribution in [2.45, 2.75) is 24.4 Å². The zero-order valence-electron chi connectivity index (χ0n) is 14.6. The summed E-state index contributed by atoms with van der Waals surface area (Å²) in [7, 11) is 1.64. The van der Waals surface area contributed by atoms with Gasteiger partial charge in [-0.1, -0.05) is 17.8 Å². The van der Waals surface area contributed by atoms with E-state index in [1.54, 1.807) is 41.0 Å². The number of hydrogen-bond acceptors (Lipinski definition) is 8. The maximum absolute atomic E-state index is 5.56. The molecular formula is C17H19N5O2S2. The van der Waals surface area contributed by atoms with Crippen molar-refractivity contribution in [3.63, 3.8) is 0 Å². The molecule has 3 aromatic rings. The Labute approximate surface area is 160 Å². The third-order valence-electron chi connectivity index (χ3n) is 3.41. The van der Waals surface area contributed by atoms with Crippen molar-refractivity contribution in [2.24, 2.45) is 0 Å². The fourth-order valence-corrected chi connectivity index (χ4v) is 3.96. The van der Waals surface area contributed by atoms with Gasteiger partial charge in [-0.05, 0) is 35.5 Å². The van der Waals surface area contributed by atoms with Crippen LogP contribution < -0.4 is 9.47 Å². The molecule has 0 unspecified atom stereocenters. The standard InChI is InChI=1S/C17H19N5O2S2/c1-4-8-22-17(19-20-21-22)26-11-13-10-25-16(18-13)12-6-7-14(24-5-2)15(9-12)23-3/h4,6-7,9-10H,1,5,8,11H2,2-3H3. The van der Waals surface area contributed by atoms with Crippen molar-refractivity contribution in [1.29, 1.82) is 0 Å². The smallest absolute Gasteiger partial charge is 0.209 e. The van der Waals surface area contributed by atoms with E-state index >= 15 is 0 Å². The van der Waals surface area contributed by atoms with Gasteiger partial charge in [0.25, 0.3) is 0 Å². The molecule has 0 spiro atoms. The van der Waals surface area contributed by atoms with E-state index in [1.165, 1.54) is 0 Å². The van der Waals surface area contributed by atoms with Crippen LogP contribution in [0.25, 0.3) is 10.6 Å². The minimum Gasteiger partial charge on any atom is -0.493 e. The highest BCUT2D eigenvalue weighted by Crippen LogP contribution is 2.34. The van der Waals surface area contributed by atoms with Gasteiger partial charge in [0.15, 0.2) is 11.5 Å². The van der Waals surface area contributed by atoms with E-state index in [4.69, 9.17) is 14.5 Å². The summed E-state index contributed by atoms with van der Waals surface area (Å²) in [4.78, 5) is 4.71. The predicted octanol–water partition coefficient (Wildman–Crippen LogP) is 3.68. The second kappa shape index (κ2) is 8.81. The van der Waals surface area contributed by atoms with Gasteiger partial charge in [0.2, 0.25) is 5.16 Å². The lowest BCUT2D eigenvalue weighted by Gasteiger charge is -2.09. The molecule has 0 fully saturated rings. The molecule has 2 heterocycles. The minimum atomic E-state index is 0.587. The van der Waals surface area contributed by atoms with Crippen LogP contribution in [-0.2, 0) is 12.3 Å². The lowest BCUT2D eigenvalue weighted by molar-refractivity contribution is 0.311. The van der Waals surface area contributed by atoms with Gasteiger partial charge in [0.1, 0.15) is 5.01 Å². The summed E-state index contributed by atoms with van der Waals surface area (Å²) in [5, 5.41) is 15.4. The van der Waals surface area contributed by atoms with Gasteiger partial charge in [-0.15, -0.1) is 23.0 Å². The van der Waals surface area contributed by atoms with E-state index in [2.05, 4.69) is 22.1 Å². The Morgan fingerprint density at radius 1 is 1.35 bits per heavy atom. The van der Waals surface area contributed by atoms with E-state index in [0.29, 0.717) is 24.7 Å². The second-order valence-corrected chi connectivity index (χ2v) is 6.96. The van der Waals surface area contributed by atoms with Crippen LogP contribution in [0.1, 0.15) is 12.6 Å². The molecule has 0 saturated carbocycles. The SMILES string of the molecule is C=CCn1nnnc1SCc1csc(-c2ccc(OCC)c(OC)c2)n1. The molecule has 0 atom stereocenters. The number of allylic oxidation sites excluding steroid dienone is 1. The number of methoxy groups -OCH3 is 1. The number of rotatable bonds is 9. The van der Waals surface area contributed by atoms with Gasteiger partial charge in [-0.3, -0.25) is 0 Å². The number of thiazole rings is 1. The topological polar surface area (TPSA) is 75.0 Å². The monoisotopic (exact) mass is 389 g/mol. The van der Waals surface area contributed by atoms with Crippen LogP contribution in [0.15, 0.2) is 41.4 Å². The third kappa shape index (κ3) is 4.23. The molecule has 9 heteroatoms. The molecule has 0 radical (unpaired) electrons. The average Bonchev–Trinajstić information content (AvgIpc) is 3.30. The van der Waals surface area contributed by atoms with Crippen molar-refractivity contribution in [3.8, 4) is 22.1 Å². The molecule has 0 saturated heterocycles. The number of nitrogens with zero attached hydrogens (tertiary/aromatic N) is 5.